The first-order chi connectivity index (χ1) is 10.3. The van der Waals surface area contributed by atoms with Crippen LogP contribution >= 0.6 is 27.7 Å². The minimum Gasteiger partial charge on any atom is -0.486 e. The monoisotopic (exact) mass is 365 g/mol. The van der Waals surface area contributed by atoms with Gasteiger partial charge in [0.25, 0.3) is 0 Å². The first-order valence-corrected chi connectivity index (χ1v) is 8.45. The normalized spacial score (nSPS) is 14.8. The fourth-order valence-corrected chi connectivity index (χ4v) is 3.67. The van der Waals surface area contributed by atoms with Crippen molar-refractivity contribution in [1.29, 1.82) is 0 Å². The Bertz CT molecular complexity index is 635. The lowest BCUT2D eigenvalue weighted by Crippen LogP contribution is -2.15. The highest BCUT2D eigenvalue weighted by Gasteiger charge is 2.16. The molecular formula is C16H16BrNO2S. The summed E-state index contributed by atoms with van der Waals surface area (Å²) in [6, 6.07) is 14.3. The number of nitrogens with two attached hydrogens (primary N) is 1. The first-order valence-electron chi connectivity index (χ1n) is 6.78. The third-order valence-corrected chi connectivity index (χ3v) is 5.00. The van der Waals surface area contributed by atoms with E-state index in [9.17, 15) is 0 Å². The lowest BCUT2D eigenvalue weighted by molar-refractivity contribution is 0.171. The number of rotatable bonds is 4. The Hall–Kier alpha value is -1.17. The van der Waals surface area contributed by atoms with Crippen LogP contribution in [0.25, 0.3) is 0 Å². The highest BCUT2D eigenvalue weighted by molar-refractivity contribution is 9.10. The zero-order valence-electron chi connectivity index (χ0n) is 11.4. The average Bonchev–Trinajstić information content (AvgIpc) is 2.52. The fraction of sp³-hybridized carbons (Fsp3) is 0.250. The fourth-order valence-electron chi connectivity index (χ4n) is 2.22. The summed E-state index contributed by atoms with van der Waals surface area (Å²) in [6.45, 7) is 1.80. The van der Waals surface area contributed by atoms with E-state index in [1.165, 1.54) is 5.56 Å². The van der Waals surface area contributed by atoms with Gasteiger partial charge in [-0.25, -0.2) is 0 Å². The molecule has 0 aliphatic carbocycles. The van der Waals surface area contributed by atoms with Crippen molar-refractivity contribution in [2.24, 2.45) is 5.73 Å². The van der Waals surface area contributed by atoms with E-state index in [1.807, 2.05) is 24.3 Å². The van der Waals surface area contributed by atoms with Gasteiger partial charge in [-0.2, -0.15) is 0 Å². The summed E-state index contributed by atoms with van der Waals surface area (Å²) in [5.41, 5.74) is 7.16. The Kier molecular flexibility index (Phi) is 4.73. The smallest absolute Gasteiger partial charge is 0.162 e. The number of hydrogen-bond donors (Lipinski definition) is 1. The number of hydrogen-bond acceptors (Lipinski definition) is 4. The molecule has 1 aliphatic heterocycles. The van der Waals surface area contributed by atoms with Crippen LogP contribution in [0.2, 0.25) is 0 Å². The Morgan fingerprint density at radius 2 is 1.90 bits per heavy atom. The molecule has 2 aromatic carbocycles. The molecule has 0 spiro atoms. The van der Waals surface area contributed by atoms with Crippen LogP contribution in [-0.4, -0.2) is 19.8 Å². The Morgan fingerprint density at radius 1 is 1.10 bits per heavy atom. The third-order valence-electron chi connectivity index (χ3n) is 3.23. The summed E-state index contributed by atoms with van der Waals surface area (Å²) in [5.74, 6) is 1.63. The molecule has 1 heterocycles. The molecule has 2 aromatic rings. The largest absolute Gasteiger partial charge is 0.486 e. The number of benzene rings is 2. The van der Waals surface area contributed by atoms with Gasteiger partial charge in [0.05, 0.1) is 0 Å². The molecule has 0 radical (unpaired) electrons. The molecule has 1 unspecified atom stereocenters. The zero-order valence-corrected chi connectivity index (χ0v) is 13.8. The maximum absolute atomic E-state index is 5.95. The lowest BCUT2D eigenvalue weighted by atomic mass is 10.1. The number of fused-ring (bicyclic) bond motifs is 1. The maximum Gasteiger partial charge on any atom is 0.162 e. The number of ether oxygens (including phenoxy) is 2. The van der Waals surface area contributed by atoms with E-state index in [0.29, 0.717) is 19.8 Å². The van der Waals surface area contributed by atoms with E-state index in [2.05, 4.69) is 34.1 Å². The van der Waals surface area contributed by atoms with Gasteiger partial charge in [-0.3, -0.25) is 0 Å². The second-order valence-corrected chi connectivity index (χ2v) is 6.89. The first kappa shape index (κ1) is 14.8. The van der Waals surface area contributed by atoms with Crippen molar-refractivity contribution < 1.29 is 9.47 Å². The van der Waals surface area contributed by atoms with Crippen molar-refractivity contribution in [3.8, 4) is 11.5 Å². The van der Waals surface area contributed by atoms with Crippen molar-refractivity contribution in [2.75, 3.05) is 19.8 Å². The van der Waals surface area contributed by atoms with Crippen molar-refractivity contribution in [3.63, 3.8) is 0 Å². The molecule has 0 fully saturated rings. The second kappa shape index (κ2) is 6.73. The maximum atomic E-state index is 5.95. The quantitative estimate of drug-likeness (QED) is 0.831. The van der Waals surface area contributed by atoms with E-state index in [0.717, 1.165) is 20.9 Å². The van der Waals surface area contributed by atoms with Crippen LogP contribution in [-0.2, 0) is 0 Å². The van der Waals surface area contributed by atoms with Gasteiger partial charge in [0.15, 0.2) is 11.5 Å². The summed E-state index contributed by atoms with van der Waals surface area (Å²) >= 11 is 5.25. The van der Waals surface area contributed by atoms with Crippen LogP contribution in [0, 0.1) is 0 Å². The standard InChI is InChI=1S/C16H16BrNO2S/c17-12-3-1-2-11(8-12)16(10-18)21-13-4-5-14-15(9-13)20-7-6-19-14/h1-5,8-9,16H,6-7,10,18H2. The number of thioether (sulfide) groups is 1. The third kappa shape index (κ3) is 3.54. The molecule has 1 atom stereocenters. The van der Waals surface area contributed by atoms with E-state index >= 15 is 0 Å². The molecule has 110 valence electrons. The molecule has 5 heteroatoms. The Morgan fingerprint density at radius 3 is 2.67 bits per heavy atom. The minimum absolute atomic E-state index is 0.213. The Balaban J connectivity index is 1.81. The minimum atomic E-state index is 0.213. The van der Waals surface area contributed by atoms with Gasteiger partial charge < -0.3 is 15.2 Å². The SMILES string of the molecule is NCC(Sc1ccc2c(c1)OCCO2)c1cccc(Br)c1. The molecule has 3 nitrogen and oxygen atoms in total. The Labute approximate surface area is 137 Å². The van der Waals surface area contributed by atoms with Crippen LogP contribution in [0.5, 0.6) is 11.5 Å². The van der Waals surface area contributed by atoms with E-state index in [1.54, 1.807) is 11.8 Å². The van der Waals surface area contributed by atoms with E-state index in [-0.39, 0.29) is 5.25 Å². The molecule has 0 saturated heterocycles. The van der Waals surface area contributed by atoms with E-state index in [4.69, 9.17) is 15.2 Å². The van der Waals surface area contributed by atoms with Crippen molar-refractivity contribution in [1.82, 2.24) is 0 Å². The van der Waals surface area contributed by atoms with Gasteiger partial charge in [-0.15, -0.1) is 11.8 Å². The summed E-state index contributed by atoms with van der Waals surface area (Å²) in [4.78, 5) is 1.13. The molecule has 2 N–H and O–H groups in total. The molecule has 0 aromatic heterocycles. The van der Waals surface area contributed by atoms with Crippen molar-refractivity contribution >= 4 is 27.7 Å². The molecular weight excluding hydrogens is 350 g/mol. The zero-order chi connectivity index (χ0) is 14.7. The summed E-state index contributed by atoms with van der Waals surface area (Å²) in [5, 5.41) is 0.213. The highest BCUT2D eigenvalue weighted by atomic mass is 79.9. The summed E-state index contributed by atoms with van der Waals surface area (Å²) in [6.07, 6.45) is 0. The van der Waals surface area contributed by atoms with Crippen LogP contribution in [0.4, 0.5) is 0 Å². The van der Waals surface area contributed by atoms with Gasteiger partial charge in [-0.05, 0) is 35.9 Å². The van der Waals surface area contributed by atoms with Crippen LogP contribution in [0.3, 0.4) is 0 Å². The van der Waals surface area contributed by atoms with Crippen LogP contribution in [0.15, 0.2) is 51.8 Å². The van der Waals surface area contributed by atoms with Crippen LogP contribution < -0.4 is 15.2 Å². The van der Waals surface area contributed by atoms with Crippen LogP contribution in [0.1, 0.15) is 10.8 Å². The van der Waals surface area contributed by atoms with E-state index < -0.39 is 0 Å². The van der Waals surface area contributed by atoms with Gasteiger partial charge >= 0.3 is 0 Å². The predicted octanol–water partition coefficient (Wildman–Crippen LogP) is 4.01. The highest BCUT2D eigenvalue weighted by Crippen LogP contribution is 2.40. The molecule has 0 amide bonds. The second-order valence-electron chi connectivity index (χ2n) is 4.70. The van der Waals surface area contributed by atoms with Gasteiger partial charge in [-0.1, -0.05) is 28.1 Å². The van der Waals surface area contributed by atoms with Gasteiger partial charge in [0, 0.05) is 21.2 Å². The summed E-state index contributed by atoms with van der Waals surface area (Å²) in [7, 11) is 0. The average molecular weight is 366 g/mol. The topological polar surface area (TPSA) is 44.5 Å². The molecule has 0 saturated carbocycles. The lowest BCUT2D eigenvalue weighted by Gasteiger charge is -2.20. The predicted molar refractivity (Wildman–Crippen MR) is 89.2 cm³/mol. The van der Waals surface area contributed by atoms with Gasteiger partial charge in [0.2, 0.25) is 0 Å². The number of halogens is 1. The molecule has 21 heavy (non-hydrogen) atoms. The molecule has 0 bridgehead atoms. The molecule has 1 aliphatic rings. The van der Waals surface area contributed by atoms with Crippen molar-refractivity contribution in [3.05, 3.63) is 52.5 Å². The summed E-state index contributed by atoms with van der Waals surface area (Å²) < 4.78 is 12.2. The van der Waals surface area contributed by atoms with Gasteiger partial charge in [0.1, 0.15) is 13.2 Å². The van der Waals surface area contributed by atoms with Crippen molar-refractivity contribution in [2.45, 2.75) is 10.1 Å². The molecule has 3 rings (SSSR count).